The molecule has 0 radical (unpaired) electrons. The van der Waals surface area contributed by atoms with Crippen molar-refractivity contribution in [1.82, 2.24) is 9.78 Å². The van der Waals surface area contributed by atoms with E-state index in [9.17, 15) is 40.7 Å². The van der Waals surface area contributed by atoms with Crippen molar-refractivity contribution in [2.45, 2.75) is 61.7 Å². The third-order valence-electron chi connectivity index (χ3n) is 5.91. The zero-order valence-electron chi connectivity index (χ0n) is 17.8. The molecular weight excluding hydrogens is 493 g/mol. The van der Waals surface area contributed by atoms with Gasteiger partial charge in [-0.05, 0) is 11.7 Å². The second-order valence-electron chi connectivity index (χ2n) is 8.96. The van der Waals surface area contributed by atoms with Crippen LogP contribution in [0.4, 0.5) is 36.4 Å². The number of nitrogens with zero attached hydrogens (tertiary/aromatic N) is 3. The fourth-order valence-corrected chi connectivity index (χ4v) is 4.94. The lowest BCUT2D eigenvalue weighted by Gasteiger charge is -2.44. The lowest BCUT2D eigenvalue weighted by atomic mass is 9.67. The molecule has 0 aliphatic heterocycles. The standard InChI is InChI=1S/C20H19F7N4O2S/c1-18(6-19(23,24)7-18)8-30-16(17(32)28-9-3-4-31(33)10(5-9)34-2)12(20(25,26)27)15(29-30)11-13(21)14(11)22/h3-5,11,13-14,33H,6-8H2,1-2H3/p+1. The number of hydrogen-bond donors (Lipinski definition) is 2. The maximum atomic E-state index is 14.0. The topological polar surface area (TPSA) is 71.0 Å². The van der Waals surface area contributed by atoms with Crippen LogP contribution in [-0.2, 0) is 12.7 Å². The van der Waals surface area contributed by atoms with E-state index < -0.39 is 78.0 Å². The zero-order valence-corrected chi connectivity index (χ0v) is 18.7. The van der Waals surface area contributed by atoms with Gasteiger partial charge in [0, 0.05) is 36.2 Å². The van der Waals surface area contributed by atoms with Gasteiger partial charge in [-0.15, -0.1) is 0 Å². The number of anilines is 1. The van der Waals surface area contributed by atoms with E-state index in [0.717, 1.165) is 22.7 Å². The molecule has 2 aliphatic rings. The number of nitrogens with one attached hydrogen (secondary N) is 1. The molecule has 34 heavy (non-hydrogen) atoms. The Balaban J connectivity index is 1.77. The number of amides is 1. The molecule has 2 heterocycles. The molecule has 6 nitrogen and oxygen atoms in total. The van der Waals surface area contributed by atoms with Gasteiger partial charge in [0.05, 0.1) is 17.3 Å². The van der Waals surface area contributed by atoms with Crippen molar-refractivity contribution in [3.05, 3.63) is 35.3 Å². The van der Waals surface area contributed by atoms with Gasteiger partial charge in [0.1, 0.15) is 23.6 Å². The lowest BCUT2D eigenvalue weighted by molar-refractivity contribution is -0.932. The minimum atomic E-state index is -5.19. The van der Waals surface area contributed by atoms with Crippen molar-refractivity contribution in [1.29, 1.82) is 0 Å². The third-order valence-corrected chi connectivity index (χ3v) is 6.64. The fraction of sp³-hybridized carbons (Fsp3) is 0.550. The van der Waals surface area contributed by atoms with Gasteiger partial charge in [0.2, 0.25) is 12.1 Å². The van der Waals surface area contributed by atoms with E-state index in [4.69, 9.17) is 0 Å². The van der Waals surface area contributed by atoms with Crippen LogP contribution >= 0.6 is 11.8 Å². The molecule has 2 aromatic heterocycles. The molecule has 0 saturated heterocycles. The Bertz CT molecular complexity index is 1120. The zero-order chi connectivity index (χ0) is 25.2. The molecule has 2 unspecified atom stereocenters. The van der Waals surface area contributed by atoms with E-state index in [1.54, 1.807) is 6.26 Å². The summed E-state index contributed by atoms with van der Waals surface area (Å²) >= 11 is 1.09. The maximum absolute atomic E-state index is 14.0. The van der Waals surface area contributed by atoms with Crippen molar-refractivity contribution < 1.29 is 45.5 Å². The van der Waals surface area contributed by atoms with E-state index in [2.05, 4.69) is 10.4 Å². The van der Waals surface area contributed by atoms with E-state index >= 15 is 0 Å². The summed E-state index contributed by atoms with van der Waals surface area (Å²) in [5.41, 5.74) is -4.71. The fourth-order valence-electron chi connectivity index (χ4n) is 4.44. The van der Waals surface area contributed by atoms with Gasteiger partial charge in [-0.2, -0.15) is 18.3 Å². The van der Waals surface area contributed by atoms with Crippen molar-refractivity contribution in [3.63, 3.8) is 0 Å². The Labute approximate surface area is 193 Å². The number of hydrogen-bond acceptors (Lipinski definition) is 4. The first-order valence-electron chi connectivity index (χ1n) is 10.1. The smallest absolute Gasteiger partial charge is 0.320 e. The van der Waals surface area contributed by atoms with E-state index in [-0.39, 0.29) is 10.7 Å². The molecule has 14 heteroatoms. The highest BCUT2D eigenvalue weighted by Crippen LogP contribution is 2.54. The Hall–Kier alpha value is -2.51. The molecule has 0 bridgehead atoms. The molecule has 2 atom stereocenters. The number of thioether (sulfide) groups is 1. The molecule has 2 fully saturated rings. The molecule has 1 amide bonds. The molecule has 2 aliphatic carbocycles. The number of aromatic nitrogens is 3. The molecule has 2 saturated carbocycles. The molecule has 186 valence electrons. The van der Waals surface area contributed by atoms with Crippen LogP contribution in [-0.4, -0.2) is 45.4 Å². The first-order chi connectivity index (χ1) is 15.7. The van der Waals surface area contributed by atoms with E-state index in [0.29, 0.717) is 4.68 Å². The predicted octanol–water partition coefficient (Wildman–Crippen LogP) is 4.61. The Morgan fingerprint density at radius 1 is 1.32 bits per heavy atom. The van der Waals surface area contributed by atoms with Crippen LogP contribution in [0.15, 0.2) is 23.4 Å². The number of pyridine rings is 1. The molecule has 0 aromatic carbocycles. The molecule has 4 rings (SSSR count). The first kappa shape index (κ1) is 24.6. The maximum Gasteiger partial charge on any atom is 0.420 e. The number of alkyl halides is 7. The lowest BCUT2D eigenvalue weighted by Crippen LogP contribution is -2.47. The summed E-state index contributed by atoms with van der Waals surface area (Å²) in [6.07, 6.45) is -8.11. The van der Waals surface area contributed by atoms with Crippen molar-refractivity contribution in [3.8, 4) is 0 Å². The largest absolute Gasteiger partial charge is 0.420 e. The summed E-state index contributed by atoms with van der Waals surface area (Å²) in [6.45, 7) is 0.937. The summed E-state index contributed by atoms with van der Waals surface area (Å²) in [5, 5.41) is 15.9. The summed E-state index contributed by atoms with van der Waals surface area (Å²) in [7, 11) is 0. The Morgan fingerprint density at radius 3 is 2.44 bits per heavy atom. The van der Waals surface area contributed by atoms with Gasteiger partial charge in [-0.3, -0.25) is 14.7 Å². The normalized spacial score (nSPS) is 25.0. The van der Waals surface area contributed by atoms with Crippen molar-refractivity contribution >= 4 is 23.4 Å². The first-order valence-corrected chi connectivity index (χ1v) is 11.3. The highest BCUT2D eigenvalue weighted by atomic mass is 32.2. The van der Waals surface area contributed by atoms with Crippen LogP contribution < -0.4 is 10.0 Å². The van der Waals surface area contributed by atoms with Gasteiger partial charge < -0.3 is 5.32 Å². The predicted molar refractivity (Wildman–Crippen MR) is 106 cm³/mol. The number of carbonyl (C=O) groups excluding carboxylic acids is 1. The van der Waals surface area contributed by atoms with Crippen molar-refractivity contribution in [2.24, 2.45) is 5.41 Å². The summed E-state index contributed by atoms with van der Waals surface area (Å²) in [5.74, 6) is -6.08. The second-order valence-corrected chi connectivity index (χ2v) is 9.78. The third kappa shape index (κ3) is 4.43. The Kier molecular flexibility index (Phi) is 5.81. The van der Waals surface area contributed by atoms with Gasteiger partial charge in [0.15, 0.2) is 0 Å². The van der Waals surface area contributed by atoms with E-state index in [1.165, 1.54) is 19.1 Å². The molecular formula is C20H20F7N4O2S+. The van der Waals surface area contributed by atoms with Gasteiger partial charge in [0.25, 0.3) is 10.9 Å². The highest BCUT2D eigenvalue weighted by molar-refractivity contribution is 7.98. The van der Waals surface area contributed by atoms with Crippen LogP contribution in [0.1, 0.15) is 47.4 Å². The summed E-state index contributed by atoms with van der Waals surface area (Å²) < 4.78 is 97.9. The minimum Gasteiger partial charge on any atom is -0.320 e. The number of rotatable bonds is 6. The van der Waals surface area contributed by atoms with Crippen LogP contribution in [0.25, 0.3) is 0 Å². The van der Waals surface area contributed by atoms with Crippen LogP contribution in [0.5, 0.6) is 0 Å². The van der Waals surface area contributed by atoms with Gasteiger partial charge in [-0.1, -0.05) is 18.7 Å². The van der Waals surface area contributed by atoms with Crippen LogP contribution in [0.3, 0.4) is 0 Å². The summed E-state index contributed by atoms with van der Waals surface area (Å²) in [6, 6.07) is 2.51. The SMILES string of the molecule is CSc1cc(NC(=O)c2c(C(F)(F)F)c(C3C(F)C3F)nn2CC2(C)CC(F)(F)C2)cc[n+]1O. The average molecular weight is 513 g/mol. The molecule has 2 aromatic rings. The quantitative estimate of drug-likeness (QED) is 0.256. The second kappa shape index (κ2) is 8.02. The van der Waals surface area contributed by atoms with Gasteiger partial charge in [-0.25, -0.2) is 17.6 Å². The van der Waals surface area contributed by atoms with Crippen LogP contribution in [0, 0.1) is 5.41 Å². The minimum absolute atomic E-state index is 0.0293. The highest BCUT2D eigenvalue weighted by Gasteiger charge is 2.60. The van der Waals surface area contributed by atoms with Gasteiger partial charge >= 0.3 is 6.18 Å². The molecule has 2 N–H and O–H groups in total. The monoisotopic (exact) mass is 513 g/mol. The number of carbonyl (C=O) groups is 1. The average Bonchev–Trinajstić information content (AvgIpc) is 3.10. The van der Waals surface area contributed by atoms with Crippen LogP contribution in [0.2, 0.25) is 0 Å². The summed E-state index contributed by atoms with van der Waals surface area (Å²) in [4.78, 5) is 13.0. The number of halogens is 7. The van der Waals surface area contributed by atoms with Crippen molar-refractivity contribution in [2.75, 3.05) is 11.6 Å². The molecule has 0 spiro atoms. The van der Waals surface area contributed by atoms with E-state index in [1.807, 2.05) is 0 Å². The Morgan fingerprint density at radius 2 is 1.94 bits per heavy atom.